The van der Waals surface area contributed by atoms with E-state index in [2.05, 4.69) is 33.2 Å². The molecular formula is C14H15BrN2O2S. The van der Waals surface area contributed by atoms with Crippen LogP contribution in [0, 0.1) is 0 Å². The number of aromatic nitrogens is 1. The van der Waals surface area contributed by atoms with Crippen LogP contribution < -0.4 is 14.8 Å². The summed E-state index contributed by atoms with van der Waals surface area (Å²) in [5.74, 6) is 1.56. The molecule has 6 heteroatoms. The van der Waals surface area contributed by atoms with Gasteiger partial charge < -0.3 is 14.8 Å². The van der Waals surface area contributed by atoms with Crippen LogP contribution in [-0.4, -0.2) is 25.2 Å². The van der Waals surface area contributed by atoms with E-state index in [-0.39, 0.29) is 0 Å². The third-order valence-electron chi connectivity index (χ3n) is 3.23. The number of benzene rings is 1. The first kappa shape index (κ1) is 13.9. The molecule has 2 aromatic rings. The summed E-state index contributed by atoms with van der Waals surface area (Å²) >= 11 is 5.23. The number of ether oxygens (including phenoxy) is 2. The molecule has 0 spiro atoms. The Labute approximate surface area is 130 Å². The molecule has 1 atom stereocenters. The van der Waals surface area contributed by atoms with Crippen molar-refractivity contribution in [2.45, 2.75) is 13.0 Å². The van der Waals surface area contributed by atoms with Gasteiger partial charge in [-0.25, -0.2) is 4.98 Å². The normalized spacial score (nSPS) is 15.2. The lowest BCUT2D eigenvalue weighted by atomic mass is 10.2. The van der Waals surface area contributed by atoms with E-state index >= 15 is 0 Å². The van der Waals surface area contributed by atoms with Gasteiger partial charge in [-0.1, -0.05) is 0 Å². The quantitative estimate of drug-likeness (QED) is 0.913. The predicted molar refractivity (Wildman–Crippen MR) is 83.7 cm³/mol. The second-order valence-electron chi connectivity index (χ2n) is 4.56. The lowest BCUT2D eigenvalue weighted by Gasteiger charge is -2.20. The summed E-state index contributed by atoms with van der Waals surface area (Å²) in [6.07, 6.45) is 1.92. The van der Waals surface area contributed by atoms with Gasteiger partial charge in [-0.15, -0.1) is 11.3 Å². The summed E-state index contributed by atoms with van der Waals surface area (Å²) in [5.41, 5.74) is 1.04. The van der Waals surface area contributed by atoms with E-state index in [9.17, 15) is 0 Å². The summed E-state index contributed by atoms with van der Waals surface area (Å²) < 4.78 is 12.2. The van der Waals surface area contributed by atoms with E-state index in [0.717, 1.165) is 26.5 Å². The third kappa shape index (κ3) is 2.55. The fourth-order valence-corrected chi connectivity index (χ4v) is 3.52. The van der Waals surface area contributed by atoms with E-state index in [0.29, 0.717) is 19.3 Å². The summed E-state index contributed by atoms with van der Waals surface area (Å²) in [6.45, 7) is 3.30. The average molecular weight is 355 g/mol. The van der Waals surface area contributed by atoms with E-state index in [4.69, 9.17) is 9.47 Å². The molecule has 0 aliphatic carbocycles. The molecular weight excluding hydrogens is 340 g/mol. The second kappa shape index (κ2) is 5.71. The highest BCUT2D eigenvalue weighted by Crippen LogP contribution is 2.42. The molecule has 106 valence electrons. The molecule has 1 N–H and O–H groups in total. The van der Waals surface area contributed by atoms with Gasteiger partial charge in [-0.3, -0.25) is 0 Å². The van der Waals surface area contributed by atoms with Crippen molar-refractivity contribution in [2.24, 2.45) is 0 Å². The summed E-state index contributed by atoms with van der Waals surface area (Å²) in [4.78, 5) is 5.72. The zero-order chi connectivity index (χ0) is 14.1. The molecule has 1 aliphatic rings. The molecule has 1 unspecified atom stereocenters. The first-order chi connectivity index (χ1) is 9.69. The minimum absolute atomic E-state index is 0.307. The van der Waals surface area contributed by atoms with Crippen LogP contribution in [0.15, 0.2) is 22.8 Å². The molecule has 20 heavy (non-hydrogen) atoms. The Bertz CT molecular complexity index is 630. The Morgan fingerprint density at radius 2 is 2.15 bits per heavy atom. The lowest BCUT2D eigenvalue weighted by molar-refractivity contribution is 0.170. The average Bonchev–Trinajstić information content (AvgIpc) is 2.96. The standard InChI is InChI=1S/C14H15BrN2O2S/c1-8(16-2)12-7-17-14(20-12)9-5-10(15)13-11(6-9)18-3-4-19-13/h5-8,16H,3-4H2,1-2H3. The largest absolute Gasteiger partial charge is 0.486 e. The molecule has 0 bridgehead atoms. The Balaban J connectivity index is 1.98. The zero-order valence-electron chi connectivity index (χ0n) is 11.3. The highest BCUT2D eigenvalue weighted by molar-refractivity contribution is 9.10. The molecule has 2 heterocycles. The number of hydrogen-bond donors (Lipinski definition) is 1. The van der Waals surface area contributed by atoms with Crippen molar-refractivity contribution in [3.63, 3.8) is 0 Å². The summed E-state index contributed by atoms with van der Waals surface area (Å²) in [7, 11) is 1.95. The number of halogens is 1. The Morgan fingerprint density at radius 3 is 2.95 bits per heavy atom. The number of thiazole rings is 1. The smallest absolute Gasteiger partial charge is 0.175 e. The van der Waals surface area contributed by atoms with Crippen LogP contribution in [0.4, 0.5) is 0 Å². The van der Waals surface area contributed by atoms with Crippen LogP contribution in [0.5, 0.6) is 11.5 Å². The molecule has 1 aromatic heterocycles. The van der Waals surface area contributed by atoms with Crippen LogP contribution >= 0.6 is 27.3 Å². The SMILES string of the molecule is CNC(C)c1cnc(-c2cc(Br)c3c(c2)OCCO3)s1. The number of rotatable bonds is 3. The van der Waals surface area contributed by atoms with Crippen molar-refractivity contribution in [2.75, 3.05) is 20.3 Å². The van der Waals surface area contributed by atoms with Crippen LogP contribution in [0.2, 0.25) is 0 Å². The van der Waals surface area contributed by atoms with Gasteiger partial charge in [0, 0.05) is 22.7 Å². The van der Waals surface area contributed by atoms with E-state index in [1.807, 2.05) is 25.4 Å². The van der Waals surface area contributed by atoms with E-state index < -0.39 is 0 Å². The number of nitrogens with one attached hydrogen (secondary N) is 1. The maximum atomic E-state index is 5.65. The molecule has 0 saturated carbocycles. The monoisotopic (exact) mass is 354 g/mol. The van der Waals surface area contributed by atoms with E-state index in [1.165, 1.54) is 4.88 Å². The topological polar surface area (TPSA) is 43.4 Å². The first-order valence-electron chi connectivity index (χ1n) is 6.41. The number of fused-ring (bicyclic) bond motifs is 1. The van der Waals surface area contributed by atoms with Gasteiger partial charge in [0.15, 0.2) is 11.5 Å². The number of nitrogens with zero attached hydrogens (tertiary/aromatic N) is 1. The molecule has 1 aromatic carbocycles. The van der Waals surface area contributed by atoms with Crippen molar-refractivity contribution in [1.29, 1.82) is 0 Å². The van der Waals surface area contributed by atoms with Crippen LogP contribution in [-0.2, 0) is 0 Å². The molecule has 0 radical (unpaired) electrons. The zero-order valence-corrected chi connectivity index (χ0v) is 13.7. The lowest BCUT2D eigenvalue weighted by Crippen LogP contribution is -2.15. The fraction of sp³-hybridized carbons (Fsp3) is 0.357. The first-order valence-corrected chi connectivity index (χ1v) is 8.02. The van der Waals surface area contributed by atoms with Gasteiger partial charge in [-0.05, 0) is 42.0 Å². The molecule has 0 saturated heterocycles. The fourth-order valence-electron chi connectivity index (χ4n) is 2.00. The Morgan fingerprint density at radius 1 is 1.35 bits per heavy atom. The van der Waals surface area contributed by atoms with Gasteiger partial charge in [0.1, 0.15) is 18.2 Å². The van der Waals surface area contributed by atoms with Crippen molar-refractivity contribution >= 4 is 27.3 Å². The second-order valence-corrected chi connectivity index (χ2v) is 6.48. The minimum atomic E-state index is 0.307. The molecule has 4 nitrogen and oxygen atoms in total. The van der Waals surface area contributed by atoms with Crippen LogP contribution in [0.3, 0.4) is 0 Å². The van der Waals surface area contributed by atoms with Gasteiger partial charge in [0.2, 0.25) is 0 Å². The highest BCUT2D eigenvalue weighted by Gasteiger charge is 2.18. The predicted octanol–water partition coefficient (Wildman–Crippen LogP) is 3.62. The van der Waals surface area contributed by atoms with Crippen LogP contribution in [0.25, 0.3) is 10.6 Å². The minimum Gasteiger partial charge on any atom is -0.486 e. The maximum Gasteiger partial charge on any atom is 0.175 e. The molecule has 0 amide bonds. The third-order valence-corrected chi connectivity index (χ3v) is 5.05. The van der Waals surface area contributed by atoms with Gasteiger partial charge >= 0.3 is 0 Å². The van der Waals surface area contributed by atoms with Crippen LogP contribution in [0.1, 0.15) is 17.8 Å². The summed E-state index contributed by atoms with van der Waals surface area (Å²) in [5, 5.41) is 4.21. The van der Waals surface area contributed by atoms with Crippen molar-refractivity contribution in [1.82, 2.24) is 10.3 Å². The molecule has 3 rings (SSSR count). The van der Waals surface area contributed by atoms with Gasteiger partial charge in [-0.2, -0.15) is 0 Å². The highest BCUT2D eigenvalue weighted by atomic mass is 79.9. The summed E-state index contributed by atoms with van der Waals surface area (Å²) in [6, 6.07) is 4.33. The Kier molecular flexibility index (Phi) is 3.96. The van der Waals surface area contributed by atoms with Gasteiger partial charge in [0.05, 0.1) is 4.47 Å². The number of hydrogen-bond acceptors (Lipinski definition) is 5. The molecule has 1 aliphatic heterocycles. The molecule has 0 fully saturated rings. The maximum absolute atomic E-state index is 5.65. The van der Waals surface area contributed by atoms with Crippen molar-refractivity contribution < 1.29 is 9.47 Å². The van der Waals surface area contributed by atoms with Crippen molar-refractivity contribution in [3.05, 3.63) is 27.7 Å². The van der Waals surface area contributed by atoms with E-state index in [1.54, 1.807) is 11.3 Å². The van der Waals surface area contributed by atoms with Crippen molar-refractivity contribution in [3.8, 4) is 22.1 Å². The van der Waals surface area contributed by atoms with Gasteiger partial charge in [0.25, 0.3) is 0 Å². The Hall–Kier alpha value is -1.11.